The quantitative estimate of drug-likeness (QED) is 0.481. The van der Waals surface area contributed by atoms with Crippen molar-refractivity contribution in [1.82, 2.24) is 0 Å². The number of aliphatic hydroxyl groups excluding tert-OH is 3. The van der Waals surface area contributed by atoms with Crippen LogP contribution < -0.4 is 0 Å². The fourth-order valence-electron chi connectivity index (χ4n) is 0.0577. The molecular formula is C3H11BiO3. The molecule has 4 heteroatoms. The van der Waals surface area contributed by atoms with Crippen molar-refractivity contribution in [1.29, 1.82) is 0 Å². The summed E-state index contributed by atoms with van der Waals surface area (Å²) in [4.78, 5) is 0. The molecule has 0 aromatic carbocycles. The van der Waals surface area contributed by atoms with Crippen LogP contribution in [0.25, 0.3) is 0 Å². The molecule has 0 unspecified atom stereocenters. The van der Waals surface area contributed by atoms with Crippen molar-refractivity contribution >= 4 is 26.2 Å². The summed E-state index contributed by atoms with van der Waals surface area (Å²) >= 11 is 0. The van der Waals surface area contributed by atoms with Gasteiger partial charge in [-0.15, -0.1) is 0 Å². The van der Waals surface area contributed by atoms with Gasteiger partial charge in [0.15, 0.2) is 0 Å². The number of aliphatic hydroxyl groups is 3. The molecule has 0 bridgehead atoms. The van der Waals surface area contributed by atoms with Gasteiger partial charge in [-0.3, -0.25) is 0 Å². The molecule has 0 aromatic rings. The molecule has 46 valence electrons. The van der Waals surface area contributed by atoms with Crippen LogP contribution in [-0.4, -0.2) is 60.8 Å². The molecule has 0 saturated heterocycles. The molecule has 3 nitrogen and oxygen atoms in total. The van der Waals surface area contributed by atoms with Crippen LogP contribution in [0, 0.1) is 0 Å². The van der Waals surface area contributed by atoms with Crippen LogP contribution in [0.5, 0.6) is 0 Å². The first kappa shape index (κ1) is 10.7. The SMILES string of the molecule is OCC(O)CO.[BiH3]. The third-order valence-electron chi connectivity index (χ3n) is 0.421. The second-order valence-electron chi connectivity index (χ2n) is 1.02. The number of rotatable bonds is 2. The van der Waals surface area contributed by atoms with Gasteiger partial charge in [0.05, 0.1) is 13.2 Å². The van der Waals surface area contributed by atoms with E-state index in [9.17, 15) is 0 Å². The Hall–Kier alpha value is 0.763. The Morgan fingerprint density at radius 3 is 1.43 bits per heavy atom. The van der Waals surface area contributed by atoms with Crippen molar-refractivity contribution < 1.29 is 15.3 Å². The first-order valence-corrected chi connectivity index (χ1v) is 1.71. The summed E-state index contributed by atoms with van der Waals surface area (Å²) in [5.74, 6) is 0. The van der Waals surface area contributed by atoms with Crippen molar-refractivity contribution in [3.05, 3.63) is 0 Å². The molecule has 0 spiro atoms. The van der Waals surface area contributed by atoms with Crippen molar-refractivity contribution in [2.24, 2.45) is 0 Å². The predicted molar refractivity (Wildman–Crippen MR) is 30.1 cm³/mol. The van der Waals surface area contributed by atoms with Crippen LogP contribution in [0.4, 0.5) is 0 Å². The summed E-state index contributed by atoms with van der Waals surface area (Å²) < 4.78 is 0. The number of hydrogen-bond acceptors (Lipinski definition) is 3. The normalized spacial score (nSPS) is 8.57. The van der Waals surface area contributed by atoms with E-state index in [1.54, 1.807) is 0 Å². The summed E-state index contributed by atoms with van der Waals surface area (Å²) in [5, 5.41) is 24.0. The van der Waals surface area contributed by atoms with Gasteiger partial charge in [-0.1, -0.05) is 0 Å². The van der Waals surface area contributed by atoms with E-state index in [0.717, 1.165) is 0 Å². The maximum absolute atomic E-state index is 8.17. The molecule has 0 rings (SSSR count). The van der Waals surface area contributed by atoms with E-state index in [1.165, 1.54) is 0 Å². The van der Waals surface area contributed by atoms with E-state index in [4.69, 9.17) is 15.3 Å². The minimum atomic E-state index is -0.954. The maximum atomic E-state index is 8.17. The van der Waals surface area contributed by atoms with Gasteiger partial charge in [0, 0.05) is 0 Å². The summed E-state index contributed by atoms with van der Waals surface area (Å²) in [7, 11) is 0. The van der Waals surface area contributed by atoms with Crippen LogP contribution in [0.2, 0.25) is 0 Å². The Labute approximate surface area is 61.1 Å². The third-order valence-corrected chi connectivity index (χ3v) is 0.421. The molecule has 0 aliphatic carbocycles. The molecule has 0 aliphatic heterocycles. The van der Waals surface area contributed by atoms with Crippen LogP contribution in [0.3, 0.4) is 0 Å². The molecule has 0 atom stereocenters. The van der Waals surface area contributed by atoms with E-state index in [2.05, 4.69) is 0 Å². The monoisotopic (exact) mass is 304 g/mol. The van der Waals surface area contributed by atoms with Gasteiger partial charge in [0.1, 0.15) is 6.10 Å². The Morgan fingerprint density at radius 2 is 1.43 bits per heavy atom. The molecule has 7 heavy (non-hydrogen) atoms. The van der Waals surface area contributed by atoms with Crippen LogP contribution in [0.1, 0.15) is 0 Å². The van der Waals surface area contributed by atoms with Crippen molar-refractivity contribution in [3.63, 3.8) is 0 Å². The molecule has 0 aliphatic rings. The average molecular weight is 304 g/mol. The van der Waals surface area contributed by atoms with E-state index >= 15 is 0 Å². The van der Waals surface area contributed by atoms with Gasteiger partial charge in [-0.2, -0.15) is 0 Å². The molecular weight excluding hydrogens is 293 g/mol. The van der Waals surface area contributed by atoms with Crippen molar-refractivity contribution in [3.8, 4) is 0 Å². The fourth-order valence-corrected chi connectivity index (χ4v) is 0.0577. The Balaban J connectivity index is 0. The first-order valence-electron chi connectivity index (χ1n) is 1.71. The zero-order chi connectivity index (χ0) is 4.99. The van der Waals surface area contributed by atoms with E-state index in [1.807, 2.05) is 0 Å². The van der Waals surface area contributed by atoms with E-state index < -0.39 is 6.10 Å². The van der Waals surface area contributed by atoms with Crippen LogP contribution in [-0.2, 0) is 0 Å². The summed E-state index contributed by atoms with van der Waals surface area (Å²) in [5.41, 5.74) is 0. The Bertz CT molecular complexity index is 29.4. The standard InChI is InChI=1S/C3H8O3.Bi.3H/c4-1-3(6)2-5;;;;/h3-6H,1-2H2;;;;. The van der Waals surface area contributed by atoms with E-state index in [0.29, 0.717) is 0 Å². The van der Waals surface area contributed by atoms with Crippen molar-refractivity contribution in [2.45, 2.75) is 6.10 Å². The molecule has 0 fully saturated rings. The molecule has 3 N–H and O–H groups in total. The molecule has 0 aromatic heterocycles. The number of hydrogen-bond donors (Lipinski definition) is 3. The van der Waals surface area contributed by atoms with Crippen LogP contribution in [0.15, 0.2) is 0 Å². The van der Waals surface area contributed by atoms with Gasteiger partial charge in [0.25, 0.3) is 0 Å². The Kier molecular flexibility index (Phi) is 10.3. The van der Waals surface area contributed by atoms with Crippen molar-refractivity contribution in [2.75, 3.05) is 13.2 Å². The van der Waals surface area contributed by atoms with Gasteiger partial charge >= 0.3 is 26.2 Å². The van der Waals surface area contributed by atoms with Crippen LogP contribution >= 0.6 is 0 Å². The second kappa shape index (κ2) is 6.76. The topological polar surface area (TPSA) is 60.7 Å². The zero-order valence-electron chi connectivity index (χ0n) is 4.04. The molecule has 0 saturated carbocycles. The predicted octanol–water partition coefficient (Wildman–Crippen LogP) is -2.85. The second-order valence-corrected chi connectivity index (χ2v) is 1.02. The first-order chi connectivity index (χ1) is 2.81. The Morgan fingerprint density at radius 1 is 1.14 bits per heavy atom. The van der Waals surface area contributed by atoms with Gasteiger partial charge in [-0.05, 0) is 0 Å². The molecule has 0 radical (unpaired) electrons. The van der Waals surface area contributed by atoms with Gasteiger partial charge in [-0.25, -0.2) is 0 Å². The average Bonchev–Trinajstić information content (AvgIpc) is 1.65. The van der Waals surface area contributed by atoms with Gasteiger partial charge in [0.2, 0.25) is 0 Å². The summed E-state index contributed by atoms with van der Waals surface area (Å²) in [6, 6.07) is 0. The third kappa shape index (κ3) is 6.76. The fraction of sp³-hybridized carbons (Fsp3) is 1.00. The molecule has 0 heterocycles. The summed E-state index contributed by atoms with van der Waals surface area (Å²) in [6.07, 6.45) is -0.954. The molecule has 0 amide bonds. The van der Waals surface area contributed by atoms with E-state index in [-0.39, 0.29) is 39.4 Å². The minimum absolute atomic E-state index is 0. The van der Waals surface area contributed by atoms with Gasteiger partial charge < -0.3 is 15.3 Å². The zero-order valence-corrected chi connectivity index (χ0v) is 9.54. The summed E-state index contributed by atoms with van der Waals surface area (Å²) in [6.45, 7) is -0.729.